The van der Waals surface area contributed by atoms with E-state index >= 15 is 0 Å². The Morgan fingerprint density at radius 2 is 2.12 bits per heavy atom. The van der Waals surface area contributed by atoms with Crippen LogP contribution in [0.5, 0.6) is 0 Å². The third-order valence-electron chi connectivity index (χ3n) is 3.97. The Labute approximate surface area is 133 Å². The van der Waals surface area contributed by atoms with Gasteiger partial charge in [0.1, 0.15) is 23.9 Å². The van der Waals surface area contributed by atoms with Crippen molar-refractivity contribution in [2.45, 2.75) is 24.1 Å². The molecule has 24 heavy (non-hydrogen) atoms. The van der Waals surface area contributed by atoms with Crippen LogP contribution in [0.1, 0.15) is 6.23 Å². The normalized spacial score (nSPS) is 30.6. The molecule has 2 aromatic rings. The molecule has 0 bridgehead atoms. The van der Waals surface area contributed by atoms with Crippen LogP contribution in [0.15, 0.2) is 12.7 Å². The van der Waals surface area contributed by atoms with Crippen LogP contribution in [0.3, 0.4) is 0 Å². The number of fused-ring (bicyclic) bond motifs is 1. The van der Waals surface area contributed by atoms with Crippen molar-refractivity contribution in [2.24, 2.45) is 5.92 Å². The summed E-state index contributed by atoms with van der Waals surface area (Å²) in [5.74, 6) is -0.499. The van der Waals surface area contributed by atoms with Crippen molar-refractivity contribution in [3.05, 3.63) is 12.7 Å². The van der Waals surface area contributed by atoms with E-state index in [2.05, 4.69) is 15.0 Å². The predicted molar refractivity (Wildman–Crippen MR) is 74.1 cm³/mol. The van der Waals surface area contributed by atoms with E-state index in [0.717, 1.165) is 17.2 Å². The topological polar surface area (TPSA) is 119 Å². The molecule has 0 aliphatic carbocycles. The molecular weight excluding hydrogens is 331 g/mol. The molecule has 0 spiro atoms. The lowest BCUT2D eigenvalue weighted by Crippen LogP contribution is -2.46. The third-order valence-corrected chi connectivity index (χ3v) is 3.97. The molecule has 0 radical (unpaired) electrons. The van der Waals surface area contributed by atoms with Gasteiger partial charge in [0, 0.05) is 0 Å². The molecule has 3 heterocycles. The summed E-state index contributed by atoms with van der Waals surface area (Å²) in [4.78, 5) is 11.4. The SMILES string of the molecule is C#C[C@]1(CO)O[C@H](n2cnc3c(N)ncnc32)[C@@H](C(F)(F)F)[C@@H]1O. The minimum atomic E-state index is -4.85. The number of aromatic nitrogens is 4. The number of imidazole rings is 1. The number of hydrogen-bond donors (Lipinski definition) is 3. The molecule has 8 nitrogen and oxygen atoms in total. The van der Waals surface area contributed by atoms with Crippen LogP contribution in [0.25, 0.3) is 11.2 Å². The van der Waals surface area contributed by atoms with Crippen molar-refractivity contribution in [1.29, 1.82) is 0 Å². The van der Waals surface area contributed by atoms with Gasteiger partial charge in [-0.05, 0) is 0 Å². The van der Waals surface area contributed by atoms with Crippen molar-refractivity contribution in [2.75, 3.05) is 12.3 Å². The highest BCUT2D eigenvalue weighted by Crippen LogP contribution is 2.49. The molecule has 3 rings (SSSR count). The van der Waals surface area contributed by atoms with Gasteiger partial charge in [-0.1, -0.05) is 5.92 Å². The van der Waals surface area contributed by atoms with Gasteiger partial charge in [0.05, 0.1) is 12.9 Å². The summed E-state index contributed by atoms with van der Waals surface area (Å²) < 4.78 is 46.6. The van der Waals surface area contributed by atoms with Crippen molar-refractivity contribution in [1.82, 2.24) is 19.5 Å². The number of terminal acetylenes is 1. The summed E-state index contributed by atoms with van der Waals surface area (Å²) in [6.45, 7) is -0.989. The summed E-state index contributed by atoms with van der Waals surface area (Å²) in [6.07, 6.45) is -1.51. The van der Waals surface area contributed by atoms with Crippen LogP contribution in [0.2, 0.25) is 0 Å². The van der Waals surface area contributed by atoms with E-state index in [1.165, 1.54) is 0 Å². The van der Waals surface area contributed by atoms with Gasteiger partial charge >= 0.3 is 6.18 Å². The summed E-state index contributed by atoms with van der Waals surface area (Å²) in [6, 6.07) is 0. The summed E-state index contributed by atoms with van der Waals surface area (Å²) >= 11 is 0. The number of anilines is 1. The zero-order valence-electron chi connectivity index (χ0n) is 12.0. The molecule has 0 aromatic carbocycles. The average Bonchev–Trinajstić information content (AvgIpc) is 3.07. The average molecular weight is 343 g/mol. The number of nitrogens with zero attached hydrogens (tertiary/aromatic N) is 4. The standard InChI is InChI=1S/C13H12F3N5O3/c1-2-12(3-22)8(23)6(13(14,15)16)11(24-12)21-5-20-7-9(17)18-4-19-10(7)21/h1,4-6,8,11,22-23H,3H2,(H2,17,18,19)/t6-,8-,11-,12+/m0/s1. The number of halogens is 3. The summed E-state index contributed by atoms with van der Waals surface area (Å²) in [7, 11) is 0. The fourth-order valence-corrected chi connectivity index (χ4v) is 2.73. The van der Waals surface area contributed by atoms with Gasteiger partial charge in [-0.25, -0.2) is 15.0 Å². The quantitative estimate of drug-likeness (QED) is 0.648. The van der Waals surface area contributed by atoms with Gasteiger partial charge in [-0.3, -0.25) is 4.57 Å². The van der Waals surface area contributed by atoms with E-state index in [1.807, 2.05) is 5.92 Å². The maximum Gasteiger partial charge on any atom is 0.398 e. The molecule has 2 aromatic heterocycles. The van der Waals surface area contributed by atoms with Crippen LogP contribution in [-0.4, -0.2) is 54.2 Å². The summed E-state index contributed by atoms with van der Waals surface area (Å²) in [5, 5.41) is 19.5. The molecule has 1 fully saturated rings. The first-order valence-corrected chi connectivity index (χ1v) is 6.69. The fourth-order valence-electron chi connectivity index (χ4n) is 2.73. The number of aliphatic hydroxyl groups excluding tert-OH is 2. The highest BCUT2D eigenvalue weighted by atomic mass is 19.4. The highest BCUT2D eigenvalue weighted by molar-refractivity contribution is 5.81. The molecule has 1 saturated heterocycles. The van der Waals surface area contributed by atoms with Crippen LogP contribution in [-0.2, 0) is 4.74 Å². The van der Waals surface area contributed by atoms with E-state index in [0.29, 0.717) is 0 Å². The van der Waals surface area contributed by atoms with Crippen LogP contribution < -0.4 is 5.73 Å². The largest absolute Gasteiger partial charge is 0.398 e. The second-order valence-electron chi connectivity index (χ2n) is 5.30. The van der Waals surface area contributed by atoms with Crippen molar-refractivity contribution < 1.29 is 28.1 Å². The Kier molecular flexibility index (Phi) is 3.63. The summed E-state index contributed by atoms with van der Waals surface area (Å²) in [5.41, 5.74) is 3.48. The van der Waals surface area contributed by atoms with Gasteiger partial charge in [-0.15, -0.1) is 6.42 Å². The Morgan fingerprint density at radius 3 is 2.71 bits per heavy atom. The first-order chi connectivity index (χ1) is 11.2. The monoisotopic (exact) mass is 343 g/mol. The van der Waals surface area contributed by atoms with Crippen molar-refractivity contribution in [3.8, 4) is 12.3 Å². The smallest absolute Gasteiger partial charge is 0.392 e. The highest BCUT2D eigenvalue weighted by Gasteiger charge is 2.64. The lowest BCUT2D eigenvalue weighted by molar-refractivity contribution is -0.210. The molecule has 0 saturated carbocycles. The van der Waals surface area contributed by atoms with Crippen molar-refractivity contribution >= 4 is 17.0 Å². The Balaban J connectivity index is 2.17. The zero-order valence-corrected chi connectivity index (χ0v) is 12.0. The fraction of sp³-hybridized carbons (Fsp3) is 0.462. The number of alkyl halides is 3. The maximum atomic E-state index is 13.5. The molecule has 11 heteroatoms. The first-order valence-electron chi connectivity index (χ1n) is 6.69. The molecule has 128 valence electrons. The van der Waals surface area contributed by atoms with Gasteiger partial charge in [0.2, 0.25) is 0 Å². The second kappa shape index (κ2) is 5.30. The number of nitrogens with two attached hydrogens (primary N) is 1. The van der Waals surface area contributed by atoms with Gasteiger partial charge in [0.25, 0.3) is 0 Å². The number of ether oxygens (including phenoxy) is 1. The minimum absolute atomic E-state index is 0.0142. The number of aliphatic hydroxyl groups is 2. The number of rotatable bonds is 2. The van der Waals surface area contributed by atoms with Crippen LogP contribution >= 0.6 is 0 Å². The Bertz CT molecular complexity index is 817. The third kappa shape index (κ3) is 2.19. The molecule has 1 aliphatic rings. The number of hydrogen-bond acceptors (Lipinski definition) is 7. The van der Waals surface area contributed by atoms with E-state index in [1.54, 1.807) is 0 Å². The minimum Gasteiger partial charge on any atom is -0.392 e. The molecule has 4 atom stereocenters. The van der Waals surface area contributed by atoms with Gasteiger partial charge < -0.3 is 20.7 Å². The zero-order chi connectivity index (χ0) is 17.7. The van der Waals surface area contributed by atoms with E-state index in [4.69, 9.17) is 16.9 Å². The Morgan fingerprint density at radius 1 is 1.42 bits per heavy atom. The van der Waals surface area contributed by atoms with E-state index < -0.39 is 36.6 Å². The Hall–Kier alpha value is -2.42. The lowest BCUT2D eigenvalue weighted by Gasteiger charge is -2.25. The molecule has 0 unspecified atom stereocenters. The van der Waals surface area contributed by atoms with Crippen LogP contribution in [0.4, 0.5) is 19.0 Å². The van der Waals surface area contributed by atoms with Gasteiger partial charge in [-0.2, -0.15) is 13.2 Å². The van der Waals surface area contributed by atoms with Crippen molar-refractivity contribution in [3.63, 3.8) is 0 Å². The lowest BCUT2D eigenvalue weighted by atomic mass is 9.90. The number of nitrogen functional groups attached to an aromatic ring is 1. The predicted octanol–water partition coefficient (Wildman–Crippen LogP) is -0.159. The molecule has 1 aliphatic heterocycles. The van der Waals surface area contributed by atoms with Gasteiger partial charge in [0.15, 0.2) is 23.3 Å². The molecule has 4 N–H and O–H groups in total. The van der Waals surface area contributed by atoms with Crippen LogP contribution in [0, 0.1) is 18.3 Å². The first kappa shape index (κ1) is 16.4. The maximum absolute atomic E-state index is 13.5. The molecular formula is C13H12F3N5O3. The second-order valence-corrected chi connectivity index (χ2v) is 5.30. The molecule has 0 amide bonds. The van der Waals surface area contributed by atoms with E-state index in [-0.39, 0.29) is 17.0 Å². The van der Waals surface area contributed by atoms with E-state index in [9.17, 15) is 23.4 Å².